The normalized spacial score (nSPS) is 28.9. The Morgan fingerprint density at radius 2 is 1.63 bits per heavy atom. The molecule has 2 aliphatic carbocycles. The van der Waals surface area contributed by atoms with E-state index in [1.165, 1.54) is 44.9 Å². The molecule has 2 unspecified atom stereocenters. The molecule has 5 heteroatoms. The average molecular weight is 331 g/mol. The van der Waals surface area contributed by atoms with Gasteiger partial charge in [-0.3, -0.25) is 0 Å². The monoisotopic (exact) mass is 329 g/mol. The molecule has 2 saturated carbocycles. The van der Waals surface area contributed by atoms with Crippen LogP contribution in [-0.2, 0) is 32.1 Å². The van der Waals surface area contributed by atoms with Crippen molar-refractivity contribution >= 4 is 12.6 Å². The van der Waals surface area contributed by atoms with Gasteiger partial charge < -0.3 is 17.2 Å². The van der Waals surface area contributed by atoms with Crippen molar-refractivity contribution in [1.29, 1.82) is 0 Å². The first kappa shape index (κ1) is 15.5. The zero-order valence-corrected chi connectivity index (χ0v) is 15.3. The summed E-state index contributed by atoms with van der Waals surface area (Å²) < 4.78 is 5.50. The first-order chi connectivity index (χ1) is 8.84. The van der Waals surface area contributed by atoms with Crippen LogP contribution in [0.15, 0.2) is 4.52 Å². The standard InChI is InChI=1S/C14H22N2OS.Zn/c18-12-9-5-4-8-11(12)14-15-13(16-17-14)10-6-2-1-3-7-10;/h10-12,18H,1-9H2;/p-1. The molecule has 3 rings (SSSR count). The number of nitrogens with zero attached hydrogens (tertiary/aromatic N) is 2. The topological polar surface area (TPSA) is 38.9 Å². The number of hydrogen-bond acceptors (Lipinski definition) is 4. The summed E-state index contributed by atoms with van der Waals surface area (Å²) in [6.07, 6.45) is 11.2. The molecule has 2 atom stereocenters. The Bertz CT molecular complexity index is 393. The van der Waals surface area contributed by atoms with E-state index in [9.17, 15) is 0 Å². The maximum atomic E-state index is 5.53. The Balaban J connectivity index is 0.00000133. The van der Waals surface area contributed by atoms with Gasteiger partial charge in [0.15, 0.2) is 5.82 Å². The van der Waals surface area contributed by atoms with E-state index in [1.807, 2.05) is 0 Å². The van der Waals surface area contributed by atoms with Crippen LogP contribution in [-0.4, -0.2) is 15.4 Å². The minimum Gasteiger partial charge on any atom is -0.788 e. The summed E-state index contributed by atoms with van der Waals surface area (Å²) in [6, 6.07) is 0. The SMILES string of the molecule is [S-]C1CCCCC1c1nc(C2CCCCC2)no1.[Zn]. The molecule has 0 amide bonds. The van der Waals surface area contributed by atoms with Crippen molar-refractivity contribution in [3.63, 3.8) is 0 Å². The maximum absolute atomic E-state index is 5.53. The first-order valence-electron chi connectivity index (χ1n) is 7.34. The molecule has 1 aromatic heterocycles. The van der Waals surface area contributed by atoms with Crippen LogP contribution in [0.25, 0.3) is 0 Å². The van der Waals surface area contributed by atoms with Gasteiger partial charge in [0.1, 0.15) is 0 Å². The van der Waals surface area contributed by atoms with E-state index >= 15 is 0 Å². The number of rotatable bonds is 2. The summed E-state index contributed by atoms with van der Waals surface area (Å²) >= 11 is 5.53. The second kappa shape index (κ2) is 7.22. The Hall–Kier alpha value is 0.113. The van der Waals surface area contributed by atoms with Crippen molar-refractivity contribution in [2.75, 3.05) is 0 Å². The third kappa shape index (κ3) is 3.61. The second-order valence-electron chi connectivity index (χ2n) is 5.76. The molecule has 2 fully saturated rings. The summed E-state index contributed by atoms with van der Waals surface area (Å²) in [5.74, 6) is 2.62. The first-order valence-corrected chi connectivity index (χ1v) is 7.81. The van der Waals surface area contributed by atoms with Crippen molar-refractivity contribution in [1.82, 2.24) is 10.1 Å². The number of hydrogen-bond donors (Lipinski definition) is 0. The third-order valence-electron chi connectivity index (χ3n) is 4.45. The number of aromatic nitrogens is 2. The molecule has 0 spiro atoms. The Kier molecular flexibility index (Phi) is 5.89. The molecular formula is C14H21N2OSZn-. The van der Waals surface area contributed by atoms with E-state index in [0.717, 1.165) is 24.6 Å². The molecule has 0 N–H and O–H groups in total. The van der Waals surface area contributed by atoms with Gasteiger partial charge in [-0.2, -0.15) is 10.2 Å². The molecule has 0 radical (unpaired) electrons. The fraction of sp³-hybridized carbons (Fsp3) is 0.857. The van der Waals surface area contributed by atoms with Crippen molar-refractivity contribution < 1.29 is 24.0 Å². The minimum atomic E-state index is 0. The molecule has 0 aliphatic heterocycles. The summed E-state index contributed by atoms with van der Waals surface area (Å²) in [6.45, 7) is 0. The van der Waals surface area contributed by atoms with Gasteiger partial charge >= 0.3 is 0 Å². The van der Waals surface area contributed by atoms with Crippen molar-refractivity contribution in [2.24, 2.45) is 0 Å². The summed E-state index contributed by atoms with van der Waals surface area (Å²) in [4.78, 5) is 4.66. The van der Waals surface area contributed by atoms with Gasteiger partial charge in [0.05, 0.1) is 0 Å². The van der Waals surface area contributed by atoms with E-state index < -0.39 is 0 Å². The van der Waals surface area contributed by atoms with Gasteiger partial charge in [-0.05, 0) is 19.3 Å². The van der Waals surface area contributed by atoms with Crippen LogP contribution in [0.2, 0.25) is 0 Å². The summed E-state index contributed by atoms with van der Waals surface area (Å²) in [5.41, 5.74) is 0. The molecule has 0 aromatic carbocycles. The fourth-order valence-corrected chi connectivity index (χ4v) is 3.72. The minimum absolute atomic E-state index is 0. The molecule has 1 heterocycles. The summed E-state index contributed by atoms with van der Waals surface area (Å²) in [5, 5.41) is 4.51. The van der Waals surface area contributed by atoms with E-state index in [0.29, 0.717) is 17.1 Å². The maximum Gasteiger partial charge on any atom is 0.228 e. The Labute approximate surface area is 133 Å². The predicted octanol–water partition coefficient (Wildman–Crippen LogP) is 3.69. The zero-order valence-electron chi connectivity index (χ0n) is 11.5. The van der Waals surface area contributed by atoms with Crippen molar-refractivity contribution in [2.45, 2.75) is 74.9 Å². The van der Waals surface area contributed by atoms with Crippen LogP contribution in [0, 0.1) is 0 Å². The van der Waals surface area contributed by atoms with Gasteiger partial charge in [-0.15, -0.1) is 0 Å². The molecule has 19 heavy (non-hydrogen) atoms. The Morgan fingerprint density at radius 3 is 2.37 bits per heavy atom. The fourth-order valence-electron chi connectivity index (χ4n) is 3.30. The molecule has 3 nitrogen and oxygen atoms in total. The van der Waals surface area contributed by atoms with Crippen LogP contribution in [0.5, 0.6) is 0 Å². The smallest absolute Gasteiger partial charge is 0.228 e. The molecule has 0 saturated heterocycles. The van der Waals surface area contributed by atoms with Gasteiger partial charge in [-0.1, -0.05) is 43.7 Å². The van der Waals surface area contributed by atoms with E-state index in [4.69, 9.17) is 17.2 Å². The van der Waals surface area contributed by atoms with Crippen molar-refractivity contribution in [3.05, 3.63) is 11.7 Å². The third-order valence-corrected chi connectivity index (χ3v) is 5.01. The molecule has 1 aromatic rings. The van der Waals surface area contributed by atoms with Crippen molar-refractivity contribution in [3.8, 4) is 0 Å². The van der Waals surface area contributed by atoms with Gasteiger partial charge in [-0.25, -0.2) is 0 Å². The molecular weight excluding hydrogens is 310 g/mol. The van der Waals surface area contributed by atoms with Gasteiger partial charge in [0.2, 0.25) is 5.89 Å². The summed E-state index contributed by atoms with van der Waals surface area (Å²) in [7, 11) is 0. The predicted molar refractivity (Wildman–Crippen MR) is 72.5 cm³/mol. The molecule has 0 bridgehead atoms. The van der Waals surface area contributed by atoms with Crippen LogP contribution < -0.4 is 0 Å². The average Bonchev–Trinajstić information content (AvgIpc) is 2.90. The van der Waals surface area contributed by atoms with E-state index in [1.54, 1.807) is 0 Å². The van der Waals surface area contributed by atoms with E-state index in [2.05, 4.69) is 10.1 Å². The van der Waals surface area contributed by atoms with Crippen LogP contribution in [0.1, 0.15) is 81.3 Å². The van der Waals surface area contributed by atoms with E-state index in [-0.39, 0.29) is 19.5 Å². The van der Waals surface area contributed by atoms with Crippen LogP contribution in [0.4, 0.5) is 0 Å². The van der Waals surface area contributed by atoms with Crippen LogP contribution in [0.3, 0.4) is 0 Å². The largest absolute Gasteiger partial charge is 0.788 e. The molecule has 102 valence electrons. The second-order valence-corrected chi connectivity index (χ2v) is 6.36. The van der Waals surface area contributed by atoms with Crippen LogP contribution >= 0.6 is 0 Å². The molecule has 2 aliphatic rings. The zero-order chi connectivity index (χ0) is 12.4. The van der Waals surface area contributed by atoms with Gasteiger partial charge in [0.25, 0.3) is 0 Å². The van der Waals surface area contributed by atoms with Gasteiger partial charge in [0, 0.05) is 31.3 Å². The Morgan fingerprint density at radius 1 is 0.947 bits per heavy atom. The quantitative estimate of drug-likeness (QED) is 0.612.